The van der Waals surface area contributed by atoms with Gasteiger partial charge in [0.05, 0.1) is 18.2 Å². The van der Waals surface area contributed by atoms with Gasteiger partial charge < -0.3 is 15.2 Å². The topological polar surface area (TPSA) is 44.5 Å². The molecule has 0 aromatic rings. The van der Waals surface area contributed by atoms with E-state index in [9.17, 15) is 0 Å². The van der Waals surface area contributed by atoms with Gasteiger partial charge in [0.15, 0.2) is 6.29 Å². The summed E-state index contributed by atoms with van der Waals surface area (Å²) in [5.41, 5.74) is 5.79. The van der Waals surface area contributed by atoms with Crippen LogP contribution in [0.2, 0.25) is 0 Å². The van der Waals surface area contributed by atoms with Crippen molar-refractivity contribution in [1.29, 1.82) is 0 Å². The molecule has 0 aliphatic carbocycles. The molecule has 0 rings (SSSR count). The summed E-state index contributed by atoms with van der Waals surface area (Å²) in [5, 5.41) is 0. The summed E-state index contributed by atoms with van der Waals surface area (Å²) in [6, 6.07) is -0.173. The molecule has 1 atom stereocenters. The third-order valence-electron chi connectivity index (χ3n) is 1.37. The number of rotatable bonds is 6. The second-order valence-corrected chi connectivity index (χ2v) is 3.95. The normalized spacial score (nSPS) is 14.5. The van der Waals surface area contributed by atoms with Crippen LogP contribution in [0.5, 0.6) is 0 Å². The maximum atomic E-state index is 5.79. The zero-order chi connectivity index (χ0) is 10.4. The molecule has 0 bridgehead atoms. The maximum absolute atomic E-state index is 5.79. The van der Waals surface area contributed by atoms with Crippen molar-refractivity contribution in [3.8, 4) is 0 Å². The Morgan fingerprint density at radius 2 is 1.46 bits per heavy atom. The second kappa shape index (κ2) is 6.65. The van der Waals surface area contributed by atoms with Gasteiger partial charge in [0, 0.05) is 5.75 Å². The van der Waals surface area contributed by atoms with Crippen LogP contribution in [0.1, 0.15) is 27.7 Å². The number of nitrogens with two attached hydrogens (primary N) is 1. The molecule has 4 heteroatoms. The van der Waals surface area contributed by atoms with E-state index in [-0.39, 0.29) is 24.5 Å². The highest BCUT2D eigenvalue weighted by atomic mass is 32.1. The van der Waals surface area contributed by atoms with Crippen molar-refractivity contribution >= 4 is 12.6 Å². The van der Waals surface area contributed by atoms with E-state index < -0.39 is 0 Å². The van der Waals surface area contributed by atoms with Crippen molar-refractivity contribution in [2.24, 2.45) is 5.73 Å². The molecular weight excluding hydrogens is 186 g/mol. The van der Waals surface area contributed by atoms with Gasteiger partial charge in [-0.05, 0) is 27.7 Å². The van der Waals surface area contributed by atoms with Gasteiger partial charge in [-0.1, -0.05) is 0 Å². The van der Waals surface area contributed by atoms with E-state index >= 15 is 0 Å². The molecule has 3 nitrogen and oxygen atoms in total. The van der Waals surface area contributed by atoms with Gasteiger partial charge in [-0.3, -0.25) is 0 Å². The molecule has 0 fully saturated rings. The third-order valence-corrected chi connectivity index (χ3v) is 1.79. The highest BCUT2D eigenvalue weighted by molar-refractivity contribution is 7.80. The Bertz CT molecular complexity index is 121. The molecule has 2 N–H and O–H groups in total. The van der Waals surface area contributed by atoms with Crippen LogP contribution in [0, 0.1) is 0 Å². The van der Waals surface area contributed by atoms with Gasteiger partial charge in [-0.2, -0.15) is 12.6 Å². The van der Waals surface area contributed by atoms with E-state index in [1.54, 1.807) is 0 Å². The zero-order valence-electron chi connectivity index (χ0n) is 8.86. The van der Waals surface area contributed by atoms with Crippen LogP contribution in [0.4, 0.5) is 0 Å². The third kappa shape index (κ3) is 6.32. The molecule has 0 amide bonds. The minimum Gasteiger partial charge on any atom is -0.348 e. The van der Waals surface area contributed by atoms with Crippen LogP contribution in [-0.4, -0.2) is 30.3 Å². The molecule has 80 valence electrons. The van der Waals surface area contributed by atoms with Gasteiger partial charge in [0.2, 0.25) is 0 Å². The SMILES string of the molecule is CC(C)OC(OC(C)C)[C@H](N)CS. The van der Waals surface area contributed by atoms with Crippen molar-refractivity contribution < 1.29 is 9.47 Å². The van der Waals surface area contributed by atoms with Crippen molar-refractivity contribution in [3.63, 3.8) is 0 Å². The van der Waals surface area contributed by atoms with E-state index in [2.05, 4.69) is 12.6 Å². The van der Waals surface area contributed by atoms with Gasteiger partial charge in [-0.15, -0.1) is 0 Å². The summed E-state index contributed by atoms with van der Waals surface area (Å²) in [6.45, 7) is 7.84. The first-order valence-electron chi connectivity index (χ1n) is 4.64. The largest absolute Gasteiger partial charge is 0.348 e. The molecular formula is C9H21NO2S. The zero-order valence-corrected chi connectivity index (χ0v) is 9.75. The molecule has 0 heterocycles. The van der Waals surface area contributed by atoms with E-state index in [1.807, 2.05) is 27.7 Å². The minimum absolute atomic E-state index is 0.120. The van der Waals surface area contributed by atoms with Crippen LogP contribution < -0.4 is 5.73 Å². The van der Waals surface area contributed by atoms with Crippen LogP contribution in [0.3, 0.4) is 0 Å². The molecule has 0 spiro atoms. The Labute approximate surface area is 86.4 Å². The van der Waals surface area contributed by atoms with Gasteiger partial charge in [0.25, 0.3) is 0 Å². The van der Waals surface area contributed by atoms with E-state index in [1.165, 1.54) is 0 Å². The lowest BCUT2D eigenvalue weighted by atomic mass is 10.3. The molecule has 0 radical (unpaired) electrons. The molecule has 13 heavy (non-hydrogen) atoms. The number of hydrogen-bond donors (Lipinski definition) is 2. The molecule has 0 aromatic heterocycles. The first-order chi connectivity index (χ1) is 5.97. The lowest BCUT2D eigenvalue weighted by Crippen LogP contribution is -2.42. The van der Waals surface area contributed by atoms with Crippen molar-refractivity contribution in [2.75, 3.05) is 5.75 Å². The van der Waals surface area contributed by atoms with Gasteiger partial charge in [-0.25, -0.2) is 0 Å². The summed E-state index contributed by atoms with van der Waals surface area (Å²) >= 11 is 4.11. The van der Waals surface area contributed by atoms with E-state index in [0.717, 1.165) is 0 Å². The van der Waals surface area contributed by atoms with Crippen LogP contribution in [0.15, 0.2) is 0 Å². The summed E-state index contributed by atoms with van der Waals surface area (Å²) in [6.07, 6.45) is -0.109. The predicted octanol–water partition coefficient (Wildman–Crippen LogP) is 1.42. The van der Waals surface area contributed by atoms with E-state index in [4.69, 9.17) is 15.2 Å². The first-order valence-corrected chi connectivity index (χ1v) is 5.28. The number of hydrogen-bond acceptors (Lipinski definition) is 4. The van der Waals surface area contributed by atoms with Gasteiger partial charge in [0.1, 0.15) is 0 Å². The smallest absolute Gasteiger partial charge is 0.173 e. The fourth-order valence-corrected chi connectivity index (χ4v) is 1.03. The standard InChI is InChI=1S/C9H21NO2S/c1-6(2)11-9(8(10)5-13)12-7(3)4/h6-9,13H,5,10H2,1-4H3/t8-/m1/s1. The molecule has 0 aliphatic rings. The fourth-order valence-electron chi connectivity index (χ4n) is 0.856. The van der Waals surface area contributed by atoms with E-state index in [0.29, 0.717) is 5.75 Å². The molecule has 0 saturated heterocycles. The van der Waals surface area contributed by atoms with Crippen molar-refractivity contribution in [3.05, 3.63) is 0 Å². The Hall–Kier alpha value is 0.230. The van der Waals surface area contributed by atoms with Crippen LogP contribution in [-0.2, 0) is 9.47 Å². The van der Waals surface area contributed by atoms with Crippen molar-refractivity contribution in [1.82, 2.24) is 0 Å². The highest BCUT2D eigenvalue weighted by Gasteiger charge is 2.20. The monoisotopic (exact) mass is 207 g/mol. The average molecular weight is 207 g/mol. The molecule has 0 saturated carbocycles. The van der Waals surface area contributed by atoms with Crippen molar-refractivity contribution in [2.45, 2.75) is 52.2 Å². The van der Waals surface area contributed by atoms with Crippen LogP contribution >= 0.6 is 12.6 Å². The molecule has 0 unspecified atom stereocenters. The molecule has 0 aromatic carbocycles. The van der Waals surface area contributed by atoms with Gasteiger partial charge >= 0.3 is 0 Å². The Morgan fingerprint density at radius 3 is 1.69 bits per heavy atom. The molecule has 0 aliphatic heterocycles. The fraction of sp³-hybridized carbons (Fsp3) is 1.00. The summed E-state index contributed by atoms with van der Waals surface area (Å²) in [7, 11) is 0. The average Bonchev–Trinajstić information content (AvgIpc) is 2.00. The summed E-state index contributed by atoms with van der Waals surface area (Å²) in [5.74, 6) is 0.560. The maximum Gasteiger partial charge on any atom is 0.173 e. The first kappa shape index (κ1) is 13.2. The summed E-state index contributed by atoms with van der Waals surface area (Å²) < 4.78 is 11.0. The lowest BCUT2D eigenvalue weighted by Gasteiger charge is -2.26. The predicted molar refractivity (Wildman–Crippen MR) is 58.1 cm³/mol. The minimum atomic E-state index is -0.350. The Kier molecular flexibility index (Phi) is 6.77. The number of ether oxygens (including phenoxy) is 2. The highest BCUT2D eigenvalue weighted by Crippen LogP contribution is 2.08. The second-order valence-electron chi connectivity index (χ2n) is 3.58. The summed E-state index contributed by atoms with van der Waals surface area (Å²) in [4.78, 5) is 0. The Morgan fingerprint density at radius 1 is 1.08 bits per heavy atom. The quantitative estimate of drug-likeness (QED) is 0.511. The Balaban J connectivity index is 4.02. The number of thiol groups is 1. The van der Waals surface area contributed by atoms with Crippen LogP contribution in [0.25, 0.3) is 0 Å². The lowest BCUT2D eigenvalue weighted by molar-refractivity contribution is -0.187.